The third kappa shape index (κ3) is 3.75. The number of carboxylic acid groups (broad SMARTS) is 1. The quantitative estimate of drug-likeness (QED) is 0.716. The molecule has 0 aliphatic carbocycles. The molecule has 2 aromatic carbocycles. The van der Waals surface area contributed by atoms with Crippen molar-refractivity contribution in [1.29, 1.82) is 0 Å². The number of benzene rings is 2. The van der Waals surface area contributed by atoms with Crippen LogP contribution in [0.1, 0.15) is 16.1 Å². The van der Waals surface area contributed by atoms with E-state index in [4.69, 9.17) is 16.3 Å². The molecule has 0 amide bonds. The van der Waals surface area contributed by atoms with Gasteiger partial charge in [-0.2, -0.15) is 9.78 Å². The molecule has 0 aliphatic rings. The minimum Gasteiger partial charge on any atom is -0.497 e. The van der Waals surface area contributed by atoms with Crippen LogP contribution in [-0.2, 0) is 6.54 Å². The Balaban J connectivity index is 2.20. The lowest BCUT2D eigenvalue weighted by molar-refractivity contribution is 0.0684. The van der Waals surface area contributed by atoms with Gasteiger partial charge in [0.1, 0.15) is 5.75 Å². The number of hydrogen-bond acceptors (Lipinski definition) is 5. The van der Waals surface area contributed by atoms with Crippen molar-refractivity contribution in [2.75, 3.05) is 7.11 Å². The summed E-state index contributed by atoms with van der Waals surface area (Å²) in [6.07, 6.45) is 0. The monoisotopic (exact) mass is 387 g/mol. The first-order valence-electron chi connectivity index (χ1n) is 7.77. The topological polar surface area (TPSA) is 103 Å². The Bertz CT molecular complexity index is 1120. The summed E-state index contributed by atoms with van der Waals surface area (Å²) in [6.45, 7) is -0.142. The summed E-state index contributed by atoms with van der Waals surface area (Å²) in [7, 11) is 1.49. The lowest BCUT2D eigenvalue weighted by Gasteiger charge is -2.11. The summed E-state index contributed by atoms with van der Waals surface area (Å²) >= 11 is 5.94. The van der Waals surface area contributed by atoms with Crippen molar-refractivity contribution in [3.05, 3.63) is 85.6 Å². The number of halogens is 1. The highest BCUT2D eigenvalue weighted by atomic mass is 35.5. The second-order valence-corrected chi connectivity index (χ2v) is 6.00. The molecule has 0 aliphatic heterocycles. The third-order valence-electron chi connectivity index (χ3n) is 3.81. The fourth-order valence-electron chi connectivity index (χ4n) is 2.50. The highest BCUT2D eigenvalue weighted by molar-refractivity contribution is 6.30. The minimum absolute atomic E-state index is 0.142. The first kappa shape index (κ1) is 18.4. The summed E-state index contributed by atoms with van der Waals surface area (Å²) in [4.78, 5) is 36.7. The van der Waals surface area contributed by atoms with Gasteiger partial charge in [0.15, 0.2) is 0 Å². The Morgan fingerprint density at radius 1 is 1.19 bits per heavy atom. The average Bonchev–Trinajstić information content (AvgIpc) is 2.65. The van der Waals surface area contributed by atoms with Crippen LogP contribution in [0.3, 0.4) is 0 Å². The molecule has 8 nitrogen and oxygen atoms in total. The average molecular weight is 388 g/mol. The van der Waals surface area contributed by atoms with Crippen LogP contribution >= 0.6 is 11.6 Å². The van der Waals surface area contributed by atoms with E-state index in [1.165, 1.54) is 19.2 Å². The number of hydrogen-bond donors (Lipinski definition) is 1. The molecule has 0 unspecified atom stereocenters. The molecule has 0 bridgehead atoms. The Morgan fingerprint density at radius 3 is 2.48 bits per heavy atom. The SMILES string of the molecule is COc1ccc(-n2nc(C(=O)O)c(=O)n(Cc3cccc(Cl)c3)c2=O)cc1. The second kappa shape index (κ2) is 7.46. The van der Waals surface area contributed by atoms with Crippen LogP contribution in [0.2, 0.25) is 5.02 Å². The van der Waals surface area contributed by atoms with Crippen molar-refractivity contribution < 1.29 is 14.6 Å². The molecule has 0 spiro atoms. The van der Waals surface area contributed by atoms with E-state index in [1.54, 1.807) is 36.4 Å². The van der Waals surface area contributed by atoms with E-state index in [0.717, 1.165) is 9.25 Å². The predicted octanol–water partition coefficient (Wildman–Crippen LogP) is 1.80. The van der Waals surface area contributed by atoms with Crippen LogP contribution in [0.4, 0.5) is 0 Å². The summed E-state index contributed by atoms with van der Waals surface area (Å²) < 4.78 is 6.74. The molecule has 0 saturated heterocycles. The molecule has 27 heavy (non-hydrogen) atoms. The normalized spacial score (nSPS) is 10.6. The van der Waals surface area contributed by atoms with Crippen molar-refractivity contribution in [1.82, 2.24) is 14.3 Å². The van der Waals surface area contributed by atoms with E-state index in [9.17, 15) is 19.5 Å². The number of ether oxygens (including phenoxy) is 1. The van der Waals surface area contributed by atoms with E-state index < -0.39 is 22.9 Å². The Kier molecular flexibility index (Phi) is 5.09. The fourth-order valence-corrected chi connectivity index (χ4v) is 2.71. The van der Waals surface area contributed by atoms with E-state index in [-0.39, 0.29) is 6.54 Å². The lowest BCUT2D eigenvalue weighted by Crippen LogP contribution is -2.44. The zero-order valence-corrected chi connectivity index (χ0v) is 14.9. The van der Waals surface area contributed by atoms with E-state index in [2.05, 4.69) is 5.10 Å². The molecule has 1 heterocycles. The first-order chi connectivity index (χ1) is 12.9. The minimum atomic E-state index is -1.53. The number of methoxy groups -OCH3 is 1. The Hall–Kier alpha value is -3.39. The molecule has 9 heteroatoms. The van der Waals surface area contributed by atoms with Crippen LogP contribution in [0.15, 0.2) is 58.1 Å². The molecule has 3 rings (SSSR count). The van der Waals surface area contributed by atoms with Gasteiger partial charge in [0.25, 0.3) is 5.56 Å². The van der Waals surface area contributed by atoms with Gasteiger partial charge < -0.3 is 9.84 Å². The molecule has 0 radical (unpaired) electrons. The largest absolute Gasteiger partial charge is 0.497 e. The van der Waals surface area contributed by atoms with Crippen molar-refractivity contribution in [3.63, 3.8) is 0 Å². The molecule has 138 valence electrons. The number of carbonyl (C=O) groups is 1. The molecular weight excluding hydrogens is 374 g/mol. The lowest BCUT2D eigenvalue weighted by atomic mass is 10.2. The molecule has 1 aromatic heterocycles. The predicted molar refractivity (Wildman–Crippen MR) is 98.2 cm³/mol. The number of aromatic carboxylic acids is 1. The standard InChI is InChI=1S/C18H14ClN3O5/c1-27-14-7-5-13(6-8-14)22-18(26)21(16(23)15(20-22)17(24)25)10-11-3-2-4-12(19)9-11/h2-9H,10H2,1H3,(H,24,25). The zero-order valence-electron chi connectivity index (χ0n) is 14.1. The molecule has 0 saturated carbocycles. The first-order valence-corrected chi connectivity index (χ1v) is 8.15. The third-order valence-corrected chi connectivity index (χ3v) is 4.04. The van der Waals surface area contributed by atoms with Gasteiger partial charge in [-0.05, 0) is 42.0 Å². The Morgan fingerprint density at radius 2 is 1.89 bits per heavy atom. The maximum atomic E-state index is 12.8. The highest BCUT2D eigenvalue weighted by Gasteiger charge is 2.19. The molecule has 3 aromatic rings. The van der Waals surface area contributed by atoms with Crippen molar-refractivity contribution in [2.24, 2.45) is 0 Å². The van der Waals surface area contributed by atoms with Gasteiger partial charge in [0, 0.05) is 5.02 Å². The second-order valence-electron chi connectivity index (χ2n) is 5.57. The van der Waals surface area contributed by atoms with Crippen molar-refractivity contribution in [2.45, 2.75) is 6.54 Å². The van der Waals surface area contributed by atoms with Gasteiger partial charge in [-0.25, -0.2) is 9.59 Å². The fraction of sp³-hybridized carbons (Fsp3) is 0.111. The molecule has 0 fully saturated rings. The van der Waals surface area contributed by atoms with Crippen LogP contribution < -0.4 is 16.0 Å². The smallest absolute Gasteiger partial charge is 0.362 e. The molecular formula is C18H14ClN3O5. The number of aromatic nitrogens is 3. The van der Waals surface area contributed by atoms with Gasteiger partial charge >= 0.3 is 11.7 Å². The van der Waals surface area contributed by atoms with E-state index in [0.29, 0.717) is 22.0 Å². The maximum absolute atomic E-state index is 12.8. The molecule has 0 atom stereocenters. The van der Waals surface area contributed by atoms with Gasteiger partial charge in [0.2, 0.25) is 5.69 Å². The zero-order chi connectivity index (χ0) is 19.6. The summed E-state index contributed by atoms with van der Waals surface area (Å²) in [5, 5.41) is 13.5. The van der Waals surface area contributed by atoms with Gasteiger partial charge in [0.05, 0.1) is 19.3 Å². The summed E-state index contributed by atoms with van der Waals surface area (Å²) in [5.74, 6) is -0.973. The van der Waals surface area contributed by atoms with E-state index in [1.807, 2.05) is 0 Å². The molecule has 1 N–H and O–H groups in total. The van der Waals surface area contributed by atoms with Crippen molar-refractivity contribution in [3.8, 4) is 11.4 Å². The van der Waals surface area contributed by atoms with Crippen LogP contribution in [-0.4, -0.2) is 32.5 Å². The van der Waals surface area contributed by atoms with Gasteiger partial charge in [-0.15, -0.1) is 0 Å². The van der Waals surface area contributed by atoms with Crippen LogP contribution in [0.25, 0.3) is 5.69 Å². The summed E-state index contributed by atoms with van der Waals surface area (Å²) in [6, 6.07) is 12.8. The van der Waals surface area contributed by atoms with Gasteiger partial charge in [-0.3, -0.25) is 9.36 Å². The number of nitrogens with zero attached hydrogens (tertiary/aromatic N) is 3. The van der Waals surface area contributed by atoms with Crippen molar-refractivity contribution >= 4 is 17.6 Å². The van der Waals surface area contributed by atoms with Crippen LogP contribution in [0, 0.1) is 0 Å². The Labute approximate surface area is 157 Å². The number of rotatable bonds is 5. The van der Waals surface area contributed by atoms with Gasteiger partial charge in [-0.1, -0.05) is 23.7 Å². The summed E-state index contributed by atoms with van der Waals surface area (Å²) in [5.41, 5.74) is -1.64. The van der Waals surface area contributed by atoms with Crippen LogP contribution in [0.5, 0.6) is 5.75 Å². The highest BCUT2D eigenvalue weighted by Crippen LogP contribution is 2.13. The number of carboxylic acids is 1. The maximum Gasteiger partial charge on any atom is 0.362 e. The van der Waals surface area contributed by atoms with E-state index >= 15 is 0 Å².